The van der Waals surface area contributed by atoms with Gasteiger partial charge in [0.2, 0.25) is 15.9 Å². The minimum Gasteiger partial charge on any atom is -0.352 e. The summed E-state index contributed by atoms with van der Waals surface area (Å²) < 4.78 is 24.2. The van der Waals surface area contributed by atoms with E-state index in [2.05, 4.69) is 17.4 Å². The molecule has 0 fully saturated rings. The average Bonchev–Trinajstić information content (AvgIpc) is 2.46. The molecule has 0 aliphatic heterocycles. The van der Waals surface area contributed by atoms with Crippen molar-refractivity contribution in [1.29, 1.82) is 0 Å². The highest BCUT2D eigenvalue weighted by Crippen LogP contribution is 2.05. The number of hydrogen-bond acceptors (Lipinski definition) is 3. The molecule has 1 aromatic carbocycles. The Kier molecular flexibility index (Phi) is 6.84. The second-order valence-corrected chi connectivity index (χ2v) is 7.51. The Morgan fingerprint density at radius 1 is 1.29 bits per heavy atom. The summed E-state index contributed by atoms with van der Waals surface area (Å²) in [6, 6.07) is 10.1. The number of likely N-dealkylation sites (N-methyl/N-ethyl adjacent to an activating group) is 1. The van der Waals surface area contributed by atoms with Gasteiger partial charge in [-0.1, -0.05) is 30.3 Å². The number of hydrogen-bond donors (Lipinski definition) is 1. The minimum absolute atomic E-state index is 0.000338. The number of sulfonamides is 1. The lowest BCUT2D eigenvalue weighted by Gasteiger charge is -2.18. The van der Waals surface area contributed by atoms with E-state index in [9.17, 15) is 13.2 Å². The minimum atomic E-state index is -3.31. The molecule has 118 valence electrons. The van der Waals surface area contributed by atoms with Gasteiger partial charge in [0, 0.05) is 13.1 Å². The molecule has 0 saturated carbocycles. The Hall–Kier alpha value is -1.40. The molecule has 0 heterocycles. The number of benzene rings is 1. The van der Waals surface area contributed by atoms with Gasteiger partial charge < -0.3 is 5.32 Å². The molecule has 0 radical (unpaired) electrons. The van der Waals surface area contributed by atoms with Crippen LogP contribution in [-0.2, 0) is 21.2 Å². The fourth-order valence-corrected chi connectivity index (χ4v) is 2.70. The number of nitrogens with zero attached hydrogens (tertiary/aromatic N) is 1. The van der Waals surface area contributed by atoms with E-state index in [1.54, 1.807) is 6.92 Å². The van der Waals surface area contributed by atoms with Gasteiger partial charge in [0.05, 0.1) is 12.3 Å². The molecule has 1 unspecified atom stereocenters. The van der Waals surface area contributed by atoms with Gasteiger partial charge in [-0.25, -0.2) is 8.42 Å². The van der Waals surface area contributed by atoms with Crippen LogP contribution in [0.15, 0.2) is 30.3 Å². The first-order valence-corrected chi connectivity index (χ1v) is 8.73. The second-order valence-electron chi connectivity index (χ2n) is 5.15. The van der Waals surface area contributed by atoms with Crippen LogP contribution in [-0.4, -0.2) is 44.0 Å². The van der Waals surface area contributed by atoms with Crippen molar-refractivity contribution in [1.82, 2.24) is 9.62 Å². The SMILES string of the molecule is CCS(=O)(=O)N(C)CC(=O)NC(C)CCc1ccccc1. The molecule has 1 atom stereocenters. The third kappa shape index (κ3) is 6.27. The topological polar surface area (TPSA) is 66.5 Å². The first-order chi connectivity index (χ1) is 9.85. The summed E-state index contributed by atoms with van der Waals surface area (Å²) in [7, 11) is -1.89. The molecule has 0 aliphatic rings. The smallest absolute Gasteiger partial charge is 0.235 e. The Balaban J connectivity index is 2.37. The van der Waals surface area contributed by atoms with Gasteiger partial charge in [-0.15, -0.1) is 0 Å². The van der Waals surface area contributed by atoms with Crippen LogP contribution in [0.2, 0.25) is 0 Å². The first-order valence-electron chi connectivity index (χ1n) is 7.12. The van der Waals surface area contributed by atoms with Crippen molar-refractivity contribution in [2.75, 3.05) is 19.3 Å². The molecule has 0 aliphatic carbocycles. The second kappa shape index (κ2) is 8.14. The molecular weight excluding hydrogens is 288 g/mol. The summed E-state index contributed by atoms with van der Waals surface area (Å²) in [5.74, 6) is -0.268. The molecule has 1 rings (SSSR count). The molecule has 0 saturated heterocycles. The van der Waals surface area contributed by atoms with Crippen molar-refractivity contribution in [3.05, 3.63) is 35.9 Å². The van der Waals surface area contributed by atoms with E-state index in [0.717, 1.165) is 17.1 Å². The number of rotatable bonds is 8. The van der Waals surface area contributed by atoms with E-state index in [1.165, 1.54) is 12.6 Å². The maximum atomic E-state index is 11.8. The van der Waals surface area contributed by atoms with Gasteiger partial charge >= 0.3 is 0 Å². The highest BCUT2D eigenvalue weighted by molar-refractivity contribution is 7.89. The summed E-state index contributed by atoms with van der Waals surface area (Å²) in [5.41, 5.74) is 1.23. The Morgan fingerprint density at radius 2 is 1.90 bits per heavy atom. The van der Waals surface area contributed by atoms with Crippen LogP contribution < -0.4 is 5.32 Å². The van der Waals surface area contributed by atoms with Crippen LogP contribution in [0.1, 0.15) is 25.8 Å². The molecule has 6 heteroatoms. The van der Waals surface area contributed by atoms with Crippen LogP contribution >= 0.6 is 0 Å². The zero-order valence-electron chi connectivity index (χ0n) is 12.9. The quantitative estimate of drug-likeness (QED) is 0.789. The van der Waals surface area contributed by atoms with E-state index in [1.807, 2.05) is 25.1 Å². The van der Waals surface area contributed by atoms with Crippen molar-refractivity contribution < 1.29 is 13.2 Å². The third-order valence-electron chi connectivity index (χ3n) is 3.32. The van der Waals surface area contributed by atoms with E-state index < -0.39 is 10.0 Å². The van der Waals surface area contributed by atoms with E-state index in [0.29, 0.717) is 0 Å². The number of carbonyl (C=O) groups is 1. The molecule has 0 bridgehead atoms. The Labute approximate surface area is 127 Å². The lowest BCUT2D eigenvalue weighted by molar-refractivity contribution is -0.121. The van der Waals surface area contributed by atoms with Crippen molar-refractivity contribution >= 4 is 15.9 Å². The number of amides is 1. The predicted octanol–water partition coefficient (Wildman–Crippen LogP) is 1.41. The molecular formula is C15H24N2O3S. The third-order valence-corrected chi connectivity index (χ3v) is 5.13. The van der Waals surface area contributed by atoms with Crippen LogP contribution in [0.25, 0.3) is 0 Å². The maximum absolute atomic E-state index is 11.8. The van der Waals surface area contributed by atoms with Crippen molar-refractivity contribution in [2.24, 2.45) is 0 Å². The van der Waals surface area contributed by atoms with Crippen LogP contribution in [0.5, 0.6) is 0 Å². The largest absolute Gasteiger partial charge is 0.352 e. The highest BCUT2D eigenvalue weighted by atomic mass is 32.2. The zero-order valence-corrected chi connectivity index (χ0v) is 13.7. The van der Waals surface area contributed by atoms with Gasteiger partial charge in [0.15, 0.2) is 0 Å². The monoisotopic (exact) mass is 312 g/mol. The Bertz CT molecular complexity index is 543. The van der Waals surface area contributed by atoms with Crippen LogP contribution in [0, 0.1) is 0 Å². The molecule has 0 spiro atoms. The fourth-order valence-electron chi connectivity index (χ4n) is 1.94. The van der Waals surface area contributed by atoms with Gasteiger partial charge in [-0.2, -0.15) is 4.31 Å². The van der Waals surface area contributed by atoms with Crippen molar-refractivity contribution in [3.8, 4) is 0 Å². The molecule has 21 heavy (non-hydrogen) atoms. The number of carbonyl (C=O) groups excluding carboxylic acids is 1. The number of nitrogens with one attached hydrogen (secondary N) is 1. The van der Waals surface area contributed by atoms with E-state index >= 15 is 0 Å². The first kappa shape index (κ1) is 17.7. The van der Waals surface area contributed by atoms with Crippen molar-refractivity contribution in [2.45, 2.75) is 32.7 Å². The van der Waals surface area contributed by atoms with E-state index in [-0.39, 0.29) is 24.2 Å². The standard InChI is InChI=1S/C15H24N2O3S/c1-4-21(19,20)17(3)12-15(18)16-13(2)10-11-14-8-6-5-7-9-14/h5-9,13H,4,10-12H2,1-3H3,(H,16,18). The maximum Gasteiger partial charge on any atom is 0.235 e. The lowest BCUT2D eigenvalue weighted by atomic mass is 10.1. The normalized spacial score (nSPS) is 13.1. The fraction of sp³-hybridized carbons (Fsp3) is 0.533. The van der Waals surface area contributed by atoms with Gasteiger partial charge in [-0.3, -0.25) is 4.79 Å². The number of aryl methyl sites for hydroxylation is 1. The summed E-state index contributed by atoms with van der Waals surface area (Å²) in [4.78, 5) is 11.8. The highest BCUT2D eigenvalue weighted by Gasteiger charge is 2.18. The molecule has 1 amide bonds. The van der Waals surface area contributed by atoms with Crippen LogP contribution in [0.4, 0.5) is 0 Å². The van der Waals surface area contributed by atoms with Crippen LogP contribution in [0.3, 0.4) is 0 Å². The van der Waals surface area contributed by atoms with Gasteiger partial charge in [0.1, 0.15) is 0 Å². The van der Waals surface area contributed by atoms with Gasteiger partial charge in [0.25, 0.3) is 0 Å². The molecule has 5 nitrogen and oxygen atoms in total. The van der Waals surface area contributed by atoms with Gasteiger partial charge in [-0.05, 0) is 32.3 Å². The summed E-state index contributed by atoms with van der Waals surface area (Å²) >= 11 is 0. The lowest BCUT2D eigenvalue weighted by Crippen LogP contribution is -2.42. The predicted molar refractivity (Wildman–Crippen MR) is 84.5 cm³/mol. The summed E-state index contributed by atoms with van der Waals surface area (Å²) in [5, 5.41) is 2.83. The zero-order chi connectivity index (χ0) is 15.9. The average molecular weight is 312 g/mol. The Morgan fingerprint density at radius 3 is 2.48 bits per heavy atom. The summed E-state index contributed by atoms with van der Waals surface area (Å²) in [6.45, 7) is 3.35. The van der Waals surface area contributed by atoms with Crippen molar-refractivity contribution in [3.63, 3.8) is 0 Å². The molecule has 0 aromatic heterocycles. The molecule has 1 aromatic rings. The van der Waals surface area contributed by atoms with E-state index in [4.69, 9.17) is 0 Å². The summed E-state index contributed by atoms with van der Waals surface area (Å²) in [6.07, 6.45) is 1.70. The molecule has 1 N–H and O–H groups in total.